The average molecular weight is 361 g/mol. The van der Waals surface area contributed by atoms with Crippen molar-refractivity contribution in [2.45, 2.75) is 4.90 Å². The first-order valence-electron chi connectivity index (χ1n) is 7.64. The molecule has 0 atom stereocenters. The Morgan fingerprint density at radius 3 is 2.04 bits per heavy atom. The minimum absolute atomic E-state index is 0.0512. The maximum atomic E-state index is 12.0. The molecule has 2 rings (SSSR count). The second-order valence-corrected chi connectivity index (χ2v) is 6.88. The Morgan fingerprint density at radius 1 is 0.800 bits per heavy atom. The Labute approximate surface area is 146 Å². The summed E-state index contributed by atoms with van der Waals surface area (Å²) in [4.78, 5) is 23.6. The number of rotatable bonds is 8. The van der Waals surface area contributed by atoms with Crippen molar-refractivity contribution in [3.05, 3.63) is 66.2 Å². The number of hydrogen-bond acceptors (Lipinski definition) is 4. The molecule has 132 valence electrons. The molecule has 0 aliphatic carbocycles. The number of sulfonamides is 1. The molecule has 3 N–H and O–H groups in total. The summed E-state index contributed by atoms with van der Waals surface area (Å²) >= 11 is 0. The highest BCUT2D eigenvalue weighted by atomic mass is 32.2. The largest absolute Gasteiger partial charge is 0.353 e. The molecule has 0 saturated carbocycles. The summed E-state index contributed by atoms with van der Waals surface area (Å²) in [5.74, 6) is -0.747. The Hall–Kier alpha value is -2.71. The van der Waals surface area contributed by atoms with Crippen LogP contribution in [0, 0.1) is 0 Å². The van der Waals surface area contributed by atoms with E-state index in [0.717, 1.165) is 0 Å². The maximum Gasteiger partial charge on any atom is 0.251 e. The molecule has 2 aromatic rings. The highest BCUT2D eigenvalue weighted by Crippen LogP contribution is 2.06. The van der Waals surface area contributed by atoms with Crippen LogP contribution in [-0.2, 0) is 14.8 Å². The molecule has 0 spiro atoms. The fourth-order valence-electron chi connectivity index (χ4n) is 1.98. The Balaban J connectivity index is 1.68. The second-order valence-electron chi connectivity index (χ2n) is 5.11. The van der Waals surface area contributed by atoms with Gasteiger partial charge in [-0.15, -0.1) is 0 Å². The van der Waals surface area contributed by atoms with Gasteiger partial charge in [0.05, 0.1) is 11.4 Å². The third-order valence-corrected chi connectivity index (χ3v) is 4.72. The van der Waals surface area contributed by atoms with Gasteiger partial charge in [0.15, 0.2) is 0 Å². The smallest absolute Gasteiger partial charge is 0.251 e. The normalized spacial score (nSPS) is 10.9. The van der Waals surface area contributed by atoms with Crippen LogP contribution in [0.15, 0.2) is 65.6 Å². The predicted octanol–water partition coefficient (Wildman–Crippen LogP) is 0.511. The molecule has 0 radical (unpaired) electrons. The number of hydrogen-bond donors (Lipinski definition) is 3. The zero-order valence-corrected chi connectivity index (χ0v) is 14.3. The van der Waals surface area contributed by atoms with Gasteiger partial charge in [0.1, 0.15) is 0 Å². The summed E-state index contributed by atoms with van der Waals surface area (Å²) in [7, 11) is -3.59. The number of benzene rings is 2. The zero-order chi connectivity index (χ0) is 18.1. The van der Waals surface area contributed by atoms with Crippen LogP contribution in [0.3, 0.4) is 0 Å². The van der Waals surface area contributed by atoms with Gasteiger partial charge in [-0.2, -0.15) is 0 Å². The molecule has 0 bridgehead atoms. The summed E-state index contributed by atoms with van der Waals surface area (Å²) in [6, 6.07) is 16.5. The first kappa shape index (κ1) is 18.6. The number of carbonyl (C=O) groups excluding carboxylic acids is 2. The van der Waals surface area contributed by atoms with Gasteiger partial charge >= 0.3 is 0 Å². The molecule has 2 amide bonds. The molecule has 0 saturated heterocycles. The maximum absolute atomic E-state index is 12.0. The van der Waals surface area contributed by atoms with Gasteiger partial charge in [-0.25, -0.2) is 13.1 Å². The van der Waals surface area contributed by atoms with Crippen molar-refractivity contribution < 1.29 is 18.0 Å². The van der Waals surface area contributed by atoms with E-state index in [-0.39, 0.29) is 30.4 Å². The van der Waals surface area contributed by atoms with Gasteiger partial charge < -0.3 is 10.6 Å². The fourth-order valence-corrected chi connectivity index (χ4v) is 3.04. The molecule has 2 aromatic carbocycles. The number of amides is 2. The standard InChI is InChI=1S/C17H19N3O4S/c21-16(13-19-17(22)14-7-3-1-4-8-14)18-11-12-20-25(23,24)15-9-5-2-6-10-15/h1-10,20H,11-13H2,(H,18,21)(H,19,22). The lowest BCUT2D eigenvalue weighted by Crippen LogP contribution is -2.40. The topological polar surface area (TPSA) is 104 Å². The molecule has 7 nitrogen and oxygen atoms in total. The first-order valence-corrected chi connectivity index (χ1v) is 9.12. The van der Waals surface area contributed by atoms with E-state index >= 15 is 0 Å². The van der Waals surface area contributed by atoms with Crippen LogP contribution in [0.5, 0.6) is 0 Å². The Morgan fingerprint density at radius 2 is 1.40 bits per heavy atom. The van der Waals surface area contributed by atoms with E-state index in [9.17, 15) is 18.0 Å². The van der Waals surface area contributed by atoms with E-state index in [2.05, 4.69) is 15.4 Å². The summed E-state index contributed by atoms with van der Waals surface area (Å²) in [5.41, 5.74) is 0.464. The van der Waals surface area contributed by atoms with Crippen molar-refractivity contribution >= 4 is 21.8 Å². The third-order valence-electron chi connectivity index (χ3n) is 3.24. The van der Waals surface area contributed by atoms with E-state index in [0.29, 0.717) is 5.56 Å². The van der Waals surface area contributed by atoms with Crippen molar-refractivity contribution in [2.24, 2.45) is 0 Å². The molecule has 0 fully saturated rings. The lowest BCUT2D eigenvalue weighted by molar-refractivity contribution is -0.120. The summed E-state index contributed by atoms with van der Waals surface area (Å²) in [6.45, 7) is -0.0130. The SMILES string of the molecule is O=C(CNC(=O)c1ccccc1)NCCNS(=O)(=O)c1ccccc1. The Kier molecular flexibility index (Phi) is 6.67. The minimum atomic E-state index is -3.59. The predicted molar refractivity (Wildman–Crippen MR) is 93.4 cm³/mol. The van der Waals surface area contributed by atoms with Crippen molar-refractivity contribution in [3.8, 4) is 0 Å². The highest BCUT2D eigenvalue weighted by Gasteiger charge is 2.12. The molecular formula is C17H19N3O4S. The lowest BCUT2D eigenvalue weighted by Gasteiger charge is -2.09. The zero-order valence-electron chi connectivity index (χ0n) is 13.4. The molecule has 0 aliphatic heterocycles. The third kappa shape index (κ3) is 6.02. The lowest BCUT2D eigenvalue weighted by atomic mass is 10.2. The minimum Gasteiger partial charge on any atom is -0.353 e. The van der Waals surface area contributed by atoms with Crippen LogP contribution in [0.25, 0.3) is 0 Å². The molecule has 0 unspecified atom stereocenters. The van der Waals surface area contributed by atoms with Gasteiger partial charge in [-0.1, -0.05) is 36.4 Å². The van der Waals surface area contributed by atoms with Crippen LogP contribution in [-0.4, -0.2) is 39.9 Å². The monoisotopic (exact) mass is 361 g/mol. The average Bonchev–Trinajstić information content (AvgIpc) is 2.64. The molecule has 0 aliphatic rings. The van der Waals surface area contributed by atoms with E-state index in [1.807, 2.05) is 0 Å². The van der Waals surface area contributed by atoms with Gasteiger partial charge in [-0.3, -0.25) is 9.59 Å². The summed E-state index contributed by atoms with van der Waals surface area (Å²) < 4.78 is 26.3. The van der Waals surface area contributed by atoms with E-state index in [1.165, 1.54) is 12.1 Å². The molecular weight excluding hydrogens is 342 g/mol. The molecule has 8 heteroatoms. The van der Waals surface area contributed by atoms with Crippen LogP contribution >= 0.6 is 0 Å². The van der Waals surface area contributed by atoms with Crippen molar-refractivity contribution in [3.63, 3.8) is 0 Å². The fraction of sp³-hybridized carbons (Fsp3) is 0.176. The molecule has 25 heavy (non-hydrogen) atoms. The van der Waals surface area contributed by atoms with Gasteiger partial charge in [0.2, 0.25) is 15.9 Å². The molecule has 0 aromatic heterocycles. The van der Waals surface area contributed by atoms with E-state index in [1.54, 1.807) is 48.5 Å². The summed E-state index contributed by atoms with van der Waals surface area (Å²) in [5, 5.41) is 5.03. The quantitative estimate of drug-likeness (QED) is 0.596. The highest BCUT2D eigenvalue weighted by molar-refractivity contribution is 7.89. The van der Waals surface area contributed by atoms with Gasteiger partial charge in [0, 0.05) is 18.7 Å². The van der Waals surface area contributed by atoms with Gasteiger partial charge in [-0.05, 0) is 24.3 Å². The van der Waals surface area contributed by atoms with Crippen LogP contribution in [0.2, 0.25) is 0 Å². The van der Waals surface area contributed by atoms with Crippen molar-refractivity contribution in [1.29, 1.82) is 0 Å². The van der Waals surface area contributed by atoms with E-state index < -0.39 is 15.9 Å². The van der Waals surface area contributed by atoms with Crippen LogP contribution in [0.4, 0.5) is 0 Å². The van der Waals surface area contributed by atoms with Crippen LogP contribution in [0.1, 0.15) is 10.4 Å². The Bertz CT molecular complexity index is 808. The second kappa shape index (κ2) is 8.95. The number of nitrogens with one attached hydrogen (secondary N) is 3. The van der Waals surface area contributed by atoms with Gasteiger partial charge in [0.25, 0.3) is 5.91 Å². The van der Waals surface area contributed by atoms with Crippen LogP contribution < -0.4 is 15.4 Å². The summed E-state index contributed by atoms with van der Waals surface area (Å²) in [6.07, 6.45) is 0. The first-order chi connectivity index (χ1) is 12.0. The van der Waals surface area contributed by atoms with Crippen molar-refractivity contribution in [2.75, 3.05) is 19.6 Å². The van der Waals surface area contributed by atoms with Crippen molar-refractivity contribution in [1.82, 2.24) is 15.4 Å². The number of carbonyl (C=O) groups is 2. The van der Waals surface area contributed by atoms with E-state index in [4.69, 9.17) is 0 Å². The molecule has 0 heterocycles.